The summed E-state index contributed by atoms with van der Waals surface area (Å²) >= 11 is 0. The Morgan fingerprint density at radius 3 is 2.90 bits per heavy atom. The van der Waals surface area contributed by atoms with Crippen molar-refractivity contribution in [2.24, 2.45) is 0 Å². The molecule has 0 saturated carbocycles. The number of aliphatic hydroxyl groups is 1. The number of carbonyl (C=O) groups is 1. The standard InChI is InChI=1S/C6H8O4/c1-9-5-3-10-6(8)4(5)2-7/h7H,2-3H2,1H3. The number of carbonyl (C=O) groups excluding carboxylic acids is 1. The van der Waals surface area contributed by atoms with E-state index in [4.69, 9.17) is 9.84 Å². The SMILES string of the molecule is COC1=C(CO)C(=O)OC1. The highest BCUT2D eigenvalue weighted by molar-refractivity contribution is 5.91. The Bertz CT molecular complexity index is 182. The molecule has 0 aromatic heterocycles. The molecular weight excluding hydrogens is 136 g/mol. The van der Waals surface area contributed by atoms with Gasteiger partial charge in [0.2, 0.25) is 0 Å². The number of aliphatic hydroxyl groups excluding tert-OH is 1. The lowest BCUT2D eigenvalue weighted by atomic mass is 10.3. The van der Waals surface area contributed by atoms with Gasteiger partial charge in [-0.05, 0) is 0 Å². The van der Waals surface area contributed by atoms with Gasteiger partial charge in [0.1, 0.15) is 17.9 Å². The zero-order valence-corrected chi connectivity index (χ0v) is 5.59. The maximum atomic E-state index is 10.7. The van der Waals surface area contributed by atoms with E-state index in [2.05, 4.69) is 4.74 Å². The summed E-state index contributed by atoms with van der Waals surface area (Å²) in [5, 5.41) is 8.60. The van der Waals surface area contributed by atoms with E-state index in [1.807, 2.05) is 0 Å². The van der Waals surface area contributed by atoms with E-state index in [0.717, 1.165) is 0 Å². The smallest absolute Gasteiger partial charge is 0.340 e. The summed E-state index contributed by atoms with van der Waals surface area (Å²) in [5.41, 5.74) is 0.225. The minimum Gasteiger partial charge on any atom is -0.497 e. The van der Waals surface area contributed by atoms with Gasteiger partial charge in [0.05, 0.1) is 13.7 Å². The van der Waals surface area contributed by atoms with Gasteiger partial charge in [-0.1, -0.05) is 0 Å². The van der Waals surface area contributed by atoms with E-state index < -0.39 is 5.97 Å². The van der Waals surface area contributed by atoms with Gasteiger partial charge >= 0.3 is 5.97 Å². The number of methoxy groups -OCH3 is 1. The monoisotopic (exact) mass is 144 g/mol. The van der Waals surface area contributed by atoms with Crippen molar-refractivity contribution in [1.82, 2.24) is 0 Å². The molecule has 4 heteroatoms. The first-order valence-corrected chi connectivity index (χ1v) is 2.83. The molecule has 1 aliphatic rings. The van der Waals surface area contributed by atoms with E-state index in [9.17, 15) is 4.79 Å². The van der Waals surface area contributed by atoms with Crippen LogP contribution in [0.1, 0.15) is 0 Å². The minimum atomic E-state index is -0.487. The van der Waals surface area contributed by atoms with Gasteiger partial charge in [-0.25, -0.2) is 4.79 Å². The summed E-state index contributed by atoms with van der Waals surface area (Å²) < 4.78 is 9.32. The molecule has 10 heavy (non-hydrogen) atoms. The molecule has 0 unspecified atom stereocenters. The molecule has 0 fully saturated rings. The Kier molecular flexibility index (Phi) is 1.91. The van der Waals surface area contributed by atoms with Crippen molar-refractivity contribution in [3.63, 3.8) is 0 Å². The number of hydrogen-bond acceptors (Lipinski definition) is 4. The topological polar surface area (TPSA) is 55.8 Å². The average molecular weight is 144 g/mol. The van der Waals surface area contributed by atoms with Crippen LogP contribution in [-0.4, -0.2) is 31.4 Å². The third kappa shape index (κ3) is 0.974. The largest absolute Gasteiger partial charge is 0.497 e. The molecule has 1 heterocycles. The zero-order chi connectivity index (χ0) is 7.56. The first-order chi connectivity index (χ1) is 4.79. The van der Waals surface area contributed by atoms with Crippen LogP contribution in [0.25, 0.3) is 0 Å². The van der Waals surface area contributed by atoms with Crippen molar-refractivity contribution in [2.45, 2.75) is 0 Å². The van der Waals surface area contributed by atoms with Crippen molar-refractivity contribution in [3.05, 3.63) is 11.3 Å². The Balaban J connectivity index is 2.81. The van der Waals surface area contributed by atoms with Crippen molar-refractivity contribution in [2.75, 3.05) is 20.3 Å². The Morgan fingerprint density at radius 2 is 2.50 bits per heavy atom. The number of cyclic esters (lactones) is 1. The van der Waals surface area contributed by atoms with Gasteiger partial charge in [-0.3, -0.25) is 0 Å². The molecule has 4 nitrogen and oxygen atoms in total. The summed E-state index contributed by atoms with van der Waals surface area (Å²) in [5.74, 6) is -0.0631. The lowest BCUT2D eigenvalue weighted by molar-refractivity contribution is -0.136. The molecule has 56 valence electrons. The molecule has 0 radical (unpaired) electrons. The molecule has 0 amide bonds. The van der Waals surface area contributed by atoms with Crippen LogP contribution >= 0.6 is 0 Å². The predicted molar refractivity (Wildman–Crippen MR) is 32.1 cm³/mol. The van der Waals surface area contributed by atoms with Gasteiger partial charge in [0, 0.05) is 0 Å². The summed E-state index contributed by atoms with van der Waals surface area (Å²) in [6, 6.07) is 0. The van der Waals surface area contributed by atoms with Crippen LogP contribution < -0.4 is 0 Å². The molecule has 0 aromatic carbocycles. The molecule has 0 bridgehead atoms. The molecule has 1 rings (SSSR count). The van der Waals surface area contributed by atoms with Crippen LogP contribution in [0.3, 0.4) is 0 Å². The van der Waals surface area contributed by atoms with Gasteiger partial charge < -0.3 is 14.6 Å². The summed E-state index contributed by atoms with van der Waals surface area (Å²) in [7, 11) is 1.44. The van der Waals surface area contributed by atoms with Crippen molar-refractivity contribution >= 4 is 5.97 Å². The van der Waals surface area contributed by atoms with Crippen LogP contribution in [-0.2, 0) is 14.3 Å². The number of ether oxygens (including phenoxy) is 2. The minimum absolute atomic E-state index is 0.144. The summed E-state index contributed by atoms with van der Waals surface area (Å²) in [4.78, 5) is 10.7. The number of hydrogen-bond donors (Lipinski definition) is 1. The second-order valence-electron chi connectivity index (χ2n) is 1.84. The molecule has 0 aliphatic carbocycles. The fourth-order valence-corrected chi connectivity index (χ4v) is 0.754. The highest BCUT2D eigenvalue weighted by atomic mass is 16.6. The number of rotatable bonds is 2. The lowest BCUT2D eigenvalue weighted by Gasteiger charge is -1.96. The number of esters is 1. The predicted octanol–water partition coefficient (Wildman–Crippen LogP) is -0.564. The second kappa shape index (κ2) is 2.70. The zero-order valence-electron chi connectivity index (χ0n) is 5.59. The van der Waals surface area contributed by atoms with E-state index in [0.29, 0.717) is 5.76 Å². The summed E-state index contributed by atoms with van der Waals surface area (Å²) in [6.07, 6.45) is 0. The van der Waals surface area contributed by atoms with Crippen LogP contribution in [0.5, 0.6) is 0 Å². The van der Waals surface area contributed by atoms with Crippen molar-refractivity contribution < 1.29 is 19.4 Å². The molecule has 1 aliphatic heterocycles. The van der Waals surface area contributed by atoms with Crippen molar-refractivity contribution in [3.8, 4) is 0 Å². The fourth-order valence-electron chi connectivity index (χ4n) is 0.754. The van der Waals surface area contributed by atoms with Crippen LogP contribution in [0.2, 0.25) is 0 Å². The van der Waals surface area contributed by atoms with Gasteiger partial charge in [-0.2, -0.15) is 0 Å². The molecule has 1 N–H and O–H groups in total. The molecular formula is C6H8O4. The molecule has 0 atom stereocenters. The van der Waals surface area contributed by atoms with Crippen LogP contribution in [0, 0.1) is 0 Å². The van der Waals surface area contributed by atoms with Gasteiger partial charge in [0.25, 0.3) is 0 Å². The lowest BCUT2D eigenvalue weighted by Crippen LogP contribution is -2.02. The third-order valence-corrected chi connectivity index (χ3v) is 1.32. The van der Waals surface area contributed by atoms with E-state index in [1.165, 1.54) is 7.11 Å². The quantitative estimate of drug-likeness (QED) is 0.527. The Hall–Kier alpha value is -1.03. The van der Waals surface area contributed by atoms with Gasteiger partial charge in [0.15, 0.2) is 0 Å². The highest BCUT2D eigenvalue weighted by Gasteiger charge is 2.24. The average Bonchev–Trinajstić information content (AvgIpc) is 2.30. The normalized spacial score (nSPS) is 17.6. The Morgan fingerprint density at radius 1 is 1.80 bits per heavy atom. The maximum Gasteiger partial charge on any atom is 0.340 e. The fraction of sp³-hybridized carbons (Fsp3) is 0.500. The van der Waals surface area contributed by atoms with E-state index >= 15 is 0 Å². The van der Waals surface area contributed by atoms with Crippen LogP contribution in [0.4, 0.5) is 0 Å². The first-order valence-electron chi connectivity index (χ1n) is 2.83. The highest BCUT2D eigenvalue weighted by Crippen LogP contribution is 2.14. The molecule has 0 spiro atoms. The Labute approximate surface area is 58.1 Å². The van der Waals surface area contributed by atoms with Crippen molar-refractivity contribution in [1.29, 1.82) is 0 Å². The van der Waals surface area contributed by atoms with E-state index in [-0.39, 0.29) is 18.8 Å². The van der Waals surface area contributed by atoms with E-state index in [1.54, 1.807) is 0 Å². The van der Waals surface area contributed by atoms with Gasteiger partial charge in [-0.15, -0.1) is 0 Å². The first kappa shape index (κ1) is 7.08. The third-order valence-electron chi connectivity index (χ3n) is 1.32. The summed E-state index contributed by atoms with van der Waals surface area (Å²) in [6.45, 7) is -0.173. The maximum absolute atomic E-state index is 10.7. The second-order valence-corrected chi connectivity index (χ2v) is 1.84. The molecule has 0 saturated heterocycles. The van der Waals surface area contributed by atoms with Crippen LogP contribution in [0.15, 0.2) is 11.3 Å². The molecule has 0 aromatic rings.